The fourth-order valence-corrected chi connectivity index (χ4v) is 2.91. The number of nitrogens with two attached hydrogens (primary N) is 1. The van der Waals surface area contributed by atoms with E-state index in [0.717, 1.165) is 21.3 Å². The van der Waals surface area contributed by atoms with Gasteiger partial charge in [0.1, 0.15) is 5.75 Å². The Bertz CT molecular complexity index is 466. The summed E-state index contributed by atoms with van der Waals surface area (Å²) in [6.07, 6.45) is 0. The van der Waals surface area contributed by atoms with Crippen LogP contribution in [0.5, 0.6) is 5.75 Å². The zero-order valence-electron chi connectivity index (χ0n) is 7.71. The van der Waals surface area contributed by atoms with Crippen molar-refractivity contribution in [3.63, 3.8) is 0 Å². The molecule has 0 atom stereocenters. The molecule has 2 N–H and O–H groups in total. The van der Waals surface area contributed by atoms with Crippen molar-refractivity contribution >= 4 is 43.0 Å². The Morgan fingerprint density at radius 3 is 3.00 bits per heavy atom. The maximum absolute atomic E-state index is 5.84. The summed E-state index contributed by atoms with van der Waals surface area (Å²) in [5.41, 5.74) is 6.66. The van der Waals surface area contributed by atoms with Gasteiger partial charge in [-0.05, 0) is 35.0 Å². The number of benzene rings is 1. The van der Waals surface area contributed by atoms with E-state index in [1.807, 2.05) is 24.4 Å². The van der Waals surface area contributed by atoms with Crippen LogP contribution in [0.4, 0.5) is 5.69 Å². The second-order valence-corrected chi connectivity index (χ2v) is 4.64. The molecule has 1 aromatic heterocycles. The molecule has 14 heavy (non-hydrogen) atoms. The van der Waals surface area contributed by atoms with Crippen LogP contribution in [-0.2, 0) is 0 Å². The maximum Gasteiger partial charge on any atom is 0.121 e. The van der Waals surface area contributed by atoms with Gasteiger partial charge in [-0.15, -0.1) is 11.3 Å². The standard InChI is InChI=1S/C10H10BrNOS/c1-2-13-6-3-7-9(12)5-14-10(7)8(11)4-6/h3-5H,2,12H2,1H3. The summed E-state index contributed by atoms with van der Waals surface area (Å²) >= 11 is 5.15. The molecule has 1 heterocycles. The zero-order chi connectivity index (χ0) is 10.1. The fraction of sp³-hybridized carbons (Fsp3) is 0.200. The normalized spacial score (nSPS) is 10.7. The van der Waals surface area contributed by atoms with Gasteiger partial charge < -0.3 is 10.5 Å². The highest BCUT2D eigenvalue weighted by Gasteiger charge is 2.07. The molecule has 0 spiro atoms. The molecule has 0 amide bonds. The summed E-state index contributed by atoms with van der Waals surface area (Å²) < 4.78 is 7.65. The third-order valence-electron chi connectivity index (χ3n) is 1.94. The molecule has 0 aliphatic rings. The van der Waals surface area contributed by atoms with Crippen molar-refractivity contribution in [1.29, 1.82) is 0 Å². The van der Waals surface area contributed by atoms with Gasteiger partial charge in [-0.2, -0.15) is 0 Å². The average molecular weight is 272 g/mol. The van der Waals surface area contributed by atoms with Crippen LogP contribution in [0.1, 0.15) is 6.92 Å². The van der Waals surface area contributed by atoms with Gasteiger partial charge in [-0.3, -0.25) is 0 Å². The SMILES string of the molecule is CCOc1cc(Br)c2scc(N)c2c1. The lowest BCUT2D eigenvalue weighted by Crippen LogP contribution is -1.91. The van der Waals surface area contributed by atoms with Gasteiger partial charge in [0, 0.05) is 15.2 Å². The number of halogens is 1. The number of hydrogen-bond donors (Lipinski definition) is 1. The van der Waals surface area contributed by atoms with Crippen molar-refractivity contribution in [2.24, 2.45) is 0 Å². The number of fused-ring (bicyclic) bond motifs is 1. The van der Waals surface area contributed by atoms with E-state index in [2.05, 4.69) is 15.9 Å². The summed E-state index contributed by atoms with van der Waals surface area (Å²) in [4.78, 5) is 0. The summed E-state index contributed by atoms with van der Waals surface area (Å²) in [6.45, 7) is 2.64. The van der Waals surface area contributed by atoms with Gasteiger partial charge >= 0.3 is 0 Å². The van der Waals surface area contributed by atoms with Gasteiger partial charge in [0.05, 0.1) is 17.0 Å². The van der Waals surface area contributed by atoms with Crippen LogP contribution in [0.15, 0.2) is 22.0 Å². The maximum atomic E-state index is 5.84. The Labute approximate surface area is 94.8 Å². The average Bonchev–Trinajstić information content (AvgIpc) is 2.49. The quantitative estimate of drug-likeness (QED) is 0.905. The molecular weight excluding hydrogens is 262 g/mol. The van der Waals surface area contributed by atoms with Crippen molar-refractivity contribution in [3.05, 3.63) is 22.0 Å². The molecule has 1 aromatic carbocycles. The molecule has 0 aliphatic heterocycles. The van der Waals surface area contributed by atoms with Crippen LogP contribution in [0, 0.1) is 0 Å². The van der Waals surface area contributed by atoms with Crippen molar-refractivity contribution < 1.29 is 4.74 Å². The molecule has 0 saturated carbocycles. The molecule has 0 saturated heterocycles. The lowest BCUT2D eigenvalue weighted by Gasteiger charge is -2.04. The Morgan fingerprint density at radius 1 is 1.50 bits per heavy atom. The number of ether oxygens (including phenoxy) is 1. The molecule has 0 aliphatic carbocycles. The van der Waals surface area contributed by atoms with E-state index in [-0.39, 0.29) is 0 Å². The summed E-state index contributed by atoms with van der Waals surface area (Å²) in [5, 5.41) is 3.01. The van der Waals surface area contributed by atoms with Crippen LogP contribution in [0.25, 0.3) is 10.1 Å². The van der Waals surface area contributed by atoms with E-state index in [9.17, 15) is 0 Å². The molecule has 2 nitrogen and oxygen atoms in total. The first kappa shape index (κ1) is 9.80. The van der Waals surface area contributed by atoms with Gasteiger partial charge in [0.25, 0.3) is 0 Å². The predicted molar refractivity (Wildman–Crippen MR) is 65.1 cm³/mol. The molecule has 0 unspecified atom stereocenters. The monoisotopic (exact) mass is 271 g/mol. The van der Waals surface area contributed by atoms with Crippen molar-refractivity contribution in [1.82, 2.24) is 0 Å². The third kappa shape index (κ3) is 1.60. The third-order valence-corrected chi connectivity index (χ3v) is 3.88. The molecule has 74 valence electrons. The van der Waals surface area contributed by atoms with Crippen LogP contribution in [-0.4, -0.2) is 6.61 Å². The van der Waals surface area contributed by atoms with Gasteiger partial charge in [-0.25, -0.2) is 0 Å². The van der Waals surface area contributed by atoms with E-state index in [1.165, 1.54) is 4.70 Å². The van der Waals surface area contributed by atoms with E-state index >= 15 is 0 Å². The van der Waals surface area contributed by atoms with Crippen molar-refractivity contribution in [2.75, 3.05) is 12.3 Å². The van der Waals surface area contributed by atoms with Gasteiger partial charge in [0.15, 0.2) is 0 Å². The van der Waals surface area contributed by atoms with Crippen LogP contribution < -0.4 is 10.5 Å². The fourth-order valence-electron chi connectivity index (χ4n) is 1.34. The van der Waals surface area contributed by atoms with E-state index in [0.29, 0.717) is 6.61 Å². The highest BCUT2D eigenvalue weighted by molar-refractivity contribution is 9.10. The van der Waals surface area contributed by atoms with E-state index in [4.69, 9.17) is 10.5 Å². The van der Waals surface area contributed by atoms with Crippen LogP contribution in [0.2, 0.25) is 0 Å². The Balaban J connectivity index is 2.63. The van der Waals surface area contributed by atoms with Crippen molar-refractivity contribution in [3.8, 4) is 5.75 Å². The van der Waals surface area contributed by atoms with Crippen LogP contribution in [0.3, 0.4) is 0 Å². The minimum absolute atomic E-state index is 0.669. The molecule has 2 aromatic rings. The lowest BCUT2D eigenvalue weighted by molar-refractivity contribution is 0.340. The number of anilines is 1. The predicted octanol–water partition coefficient (Wildman–Crippen LogP) is 3.64. The first-order chi connectivity index (χ1) is 6.72. The molecule has 0 radical (unpaired) electrons. The molecule has 0 bridgehead atoms. The second kappa shape index (κ2) is 3.79. The van der Waals surface area contributed by atoms with E-state index < -0.39 is 0 Å². The minimum Gasteiger partial charge on any atom is -0.494 e. The molecular formula is C10H10BrNOS. The summed E-state index contributed by atoms with van der Waals surface area (Å²) in [7, 11) is 0. The van der Waals surface area contributed by atoms with Crippen molar-refractivity contribution in [2.45, 2.75) is 6.92 Å². The topological polar surface area (TPSA) is 35.2 Å². The van der Waals surface area contributed by atoms with Gasteiger partial charge in [0.2, 0.25) is 0 Å². The molecule has 0 fully saturated rings. The number of thiophene rings is 1. The van der Waals surface area contributed by atoms with E-state index in [1.54, 1.807) is 11.3 Å². The highest BCUT2D eigenvalue weighted by Crippen LogP contribution is 2.37. The second-order valence-electron chi connectivity index (χ2n) is 2.91. The zero-order valence-corrected chi connectivity index (χ0v) is 10.1. The largest absolute Gasteiger partial charge is 0.494 e. The smallest absolute Gasteiger partial charge is 0.121 e. The Morgan fingerprint density at radius 2 is 2.29 bits per heavy atom. The number of nitrogen functional groups attached to an aromatic ring is 1. The van der Waals surface area contributed by atoms with Gasteiger partial charge in [-0.1, -0.05) is 0 Å². The lowest BCUT2D eigenvalue weighted by atomic mass is 10.2. The Kier molecular flexibility index (Phi) is 2.65. The Hall–Kier alpha value is -0.740. The minimum atomic E-state index is 0.669. The van der Waals surface area contributed by atoms with Crippen LogP contribution >= 0.6 is 27.3 Å². The first-order valence-corrected chi connectivity index (χ1v) is 5.98. The first-order valence-electron chi connectivity index (χ1n) is 4.31. The number of rotatable bonds is 2. The summed E-state index contributed by atoms with van der Waals surface area (Å²) in [6, 6.07) is 3.96. The summed E-state index contributed by atoms with van der Waals surface area (Å²) in [5.74, 6) is 0.858. The molecule has 2 rings (SSSR count). The number of hydrogen-bond acceptors (Lipinski definition) is 3. The molecule has 4 heteroatoms. The highest BCUT2D eigenvalue weighted by atomic mass is 79.9.